The van der Waals surface area contributed by atoms with E-state index in [-0.39, 0.29) is 36.4 Å². The Balaban J connectivity index is 1.44. The molecule has 10 heteroatoms. The summed E-state index contributed by atoms with van der Waals surface area (Å²) in [5.41, 5.74) is 4.29. The second kappa shape index (κ2) is 12.7. The van der Waals surface area contributed by atoms with Crippen LogP contribution >= 0.6 is 12.1 Å². The van der Waals surface area contributed by atoms with Crippen molar-refractivity contribution in [3.8, 4) is 11.6 Å². The van der Waals surface area contributed by atoms with Crippen molar-refractivity contribution >= 4 is 35.4 Å². The molecule has 0 bridgehead atoms. The van der Waals surface area contributed by atoms with Crippen molar-refractivity contribution in [1.29, 1.82) is 0 Å². The van der Waals surface area contributed by atoms with Crippen LogP contribution in [0.1, 0.15) is 35.7 Å². The highest BCUT2D eigenvalue weighted by atomic mass is 32.2. The van der Waals surface area contributed by atoms with E-state index < -0.39 is 5.82 Å². The number of carbonyl (C=O) groups excluding carboxylic acids is 1. The van der Waals surface area contributed by atoms with E-state index >= 15 is 4.39 Å². The van der Waals surface area contributed by atoms with Crippen LogP contribution in [0.2, 0.25) is 0 Å². The first-order chi connectivity index (χ1) is 19.5. The van der Waals surface area contributed by atoms with Crippen LogP contribution in [0, 0.1) is 12.7 Å². The van der Waals surface area contributed by atoms with E-state index in [0.29, 0.717) is 18.2 Å². The van der Waals surface area contributed by atoms with Gasteiger partial charge in [-0.2, -0.15) is 4.98 Å². The van der Waals surface area contributed by atoms with Crippen LogP contribution in [0.5, 0.6) is 11.6 Å². The quantitative estimate of drug-likeness (QED) is 0.208. The molecule has 3 aromatic carbocycles. The van der Waals surface area contributed by atoms with Crippen molar-refractivity contribution in [2.24, 2.45) is 0 Å². The van der Waals surface area contributed by atoms with Gasteiger partial charge in [-0.1, -0.05) is 74.0 Å². The van der Waals surface area contributed by atoms with Gasteiger partial charge < -0.3 is 14.8 Å². The normalized spacial score (nSPS) is 12.8. The second-order valence-corrected chi connectivity index (χ2v) is 10.1. The molecule has 0 radical (unpaired) electrons. The molecule has 2 heterocycles. The Morgan fingerprint density at radius 1 is 1.00 bits per heavy atom. The molecule has 40 heavy (non-hydrogen) atoms. The molecule has 0 aliphatic carbocycles. The van der Waals surface area contributed by atoms with Gasteiger partial charge in [0.05, 0.1) is 12.1 Å². The lowest BCUT2D eigenvalue weighted by atomic mass is 10.1. The van der Waals surface area contributed by atoms with Gasteiger partial charge in [-0.05, 0) is 30.5 Å². The van der Waals surface area contributed by atoms with Gasteiger partial charge in [0.1, 0.15) is 31.2 Å². The summed E-state index contributed by atoms with van der Waals surface area (Å²) < 4.78 is 31.9. The van der Waals surface area contributed by atoms with Gasteiger partial charge in [0.25, 0.3) is 5.91 Å². The fourth-order valence-electron chi connectivity index (χ4n) is 4.30. The summed E-state index contributed by atoms with van der Waals surface area (Å²) in [6.45, 7) is 4.62. The highest BCUT2D eigenvalue weighted by Gasteiger charge is 2.27. The molecule has 4 aromatic rings. The molecule has 2 N–H and O–H groups in total. The Kier molecular flexibility index (Phi) is 8.65. The average Bonchev–Trinajstić information content (AvgIpc) is 3.38. The third-order valence-corrected chi connectivity index (χ3v) is 7.07. The van der Waals surface area contributed by atoms with Crippen molar-refractivity contribution in [2.45, 2.75) is 39.9 Å². The Hall–Kier alpha value is -4.31. The van der Waals surface area contributed by atoms with Crippen molar-refractivity contribution in [3.63, 3.8) is 0 Å². The van der Waals surface area contributed by atoms with Crippen molar-refractivity contribution in [1.82, 2.24) is 14.7 Å². The molecular weight excluding hydrogens is 529 g/mol. The standard InChI is InChI=1S/C30H30FN5O3S/c1-3-10-24-20(2)32-30(34-29(24)39-19-22-13-8-5-9-14-22)33-23-15-25(31)28(36-17-27(37)35-40-36)26(16-23)38-18-21-11-6-4-7-12-21/h4-9,11-16H,3,10,17-19H2,1-2H3,(H,35,37)(H,32,33,34). The van der Waals surface area contributed by atoms with Gasteiger partial charge in [-0.25, -0.2) is 9.37 Å². The molecule has 1 saturated heterocycles. The Bertz CT molecular complexity index is 1470. The summed E-state index contributed by atoms with van der Waals surface area (Å²) in [4.78, 5) is 21.1. The summed E-state index contributed by atoms with van der Waals surface area (Å²) in [5, 5.41) is 3.13. The van der Waals surface area contributed by atoms with E-state index in [9.17, 15) is 4.79 Å². The maximum absolute atomic E-state index is 15.6. The van der Waals surface area contributed by atoms with Crippen LogP contribution in [0.25, 0.3) is 0 Å². The highest BCUT2D eigenvalue weighted by Crippen LogP contribution is 2.39. The molecular formula is C30H30FN5O3S. The zero-order chi connectivity index (χ0) is 27.9. The van der Waals surface area contributed by atoms with E-state index in [1.807, 2.05) is 67.6 Å². The largest absolute Gasteiger partial charge is 0.487 e. The number of aromatic nitrogens is 2. The molecule has 0 unspecified atom stereocenters. The molecule has 1 fully saturated rings. The minimum atomic E-state index is -0.545. The fraction of sp³-hybridized carbons (Fsp3) is 0.233. The molecule has 0 spiro atoms. The van der Waals surface area contributed by atoms with E-state index in [4.69, 9.17) is 9.47 Å². The number of benzene rings is 3. The molecule has 0 atom stereocenters. The van der Waals surface area contributed by atoms with Crippen molar-refractivity contribution < 1.29 is 18.7 Å². The maximum Gasteiger partial charge on any atom is 0.251 e. The number of carbonyl (C=O) groups is 1. The van der Waals surface area contributed by atoms with Crippen molar-refractivity contribution in [2.75, 3.05) is 16.2 Å². The fourth-order valence-corrected chi connectivity index (χ4v) is 5.02. The monoisotopic (exact) mass is 559 g/mol. The topological polar surface area (TPSA) is 88.6 Å². The molecule has 1 aliphatic heterocycles. The predicted molar refractivity (Wildman–Crippen MR) is 155 cm³/mol. The van der Waals surface area contributed by atoms with Gasteiger partial charge in [0.2, 0.25) is 11.8 Å². The van der Waals surface area contributed by atoms with Gasteiger partial charge in [0, 0.05) is 23.0 Å². The number of amides is 1. The number of halogens is 1. The molecule has 1 amide bonds. The number of hydrogen-bond acceptors (Lipinski definition) is 8. The summed E-state index contributed by atoms with van der Waals surface area (Å²) in [5.74, 6) is 0.317. The van der Waals surface area contributed by atoms with Crippen LogP contribution in [0.15, 0.2) is 72.8 Å². The Morgan fingerprint density at radius 2 is 1.68 bits per heavy atom. The summed E-state index contributed by atoms with van der Waals surface area (Å²) >= 11 is 1.03. The first kappa shape index (κ1) is 27.3. The number of aryl methyl sites for hydroxylation is 1. The van der Waals surface area contributed by atoms with Gasteiger partial charge in [-0.3, -0.25) is 13.8 Å². The van der Waals surface area contributed by atoms with E-state index in [2.05, 4.69) is 26.9 Å². The summed E-state index contributed by atoms with van der Waals surface area (Å²) in [6, 6.07) is 22.5. The van der Waals surface area contributed by atoms with Crippen LogP contribution < -0.4 is 23.8 Å². The lowest BCUT2D eigenvalue weighted by Crippen LogP contribution is -2.17. The van der Waals surface area contributed by atoms with Crippen LogP contribution in [-0.2, 0) is 24.4 Å². The predicted octanol–water partition coefficient (Wildman–Crippen LogP) is 6.28. The number of nitrogens with one attached hydrogen (secondary N) is 2. The first-order valence-corrected chi connectivity index (χ1v) is 13.8. The molecule has 206 valence electrons. The summed E-state index contributed by atoms with van der Waals surface area (Å²) in [7, 11) is 0. The van der Waals surface area contributed by atoms with E-state index in [0.717, 1.165) is 47.4 Å². The number of hydrogen-bond donors (Lipinski definition) is 2. The van der Waals surface area contributed by atoms with Crippen LogP contribution in [-0.4, -0.2) is 22.4 Å². The third-order valence-electron chi connectivity index (χ3n) is 6.22. The number of anilines is 3. The van der Waals surface area contributed by atoms with Gasteiger partial charge >= 0.3 is 0 Å². The maximum atomic E-state index is 15.6. The van der Waals surface area contributed by atoms with Crippen LogP contribution in [0.4, 0.5) is 21.7 Å². The summed E-state index contributed by atoms with van der Waals surface area (Å²) in [6.07, 6.45) is 1.69. The minimum Gasteiger partial charge on any atom is -0.487 e. The zero-order valence-corrected chi connectivity index (χ0v) is 23.1. The number of nitrogens with zero attached hydrogens (tertiary/aromatic N) is 3. The Morgan fingerprint density at radius 3 is 2.30 bits per heavy atom. The van der Waals surface area contributed by atoms with Gasteiger partial charge in [0.15, 0.2) is 5.82 Å². The number of rotatable bonds is 11. The van der Waals surface area contributed by atoms with E-state index in [1.54, 1.807) is 6.07 Å². The molecule has 5 rings (SSSR count). The minimum absolute atomic E-state index is 0.0133. The highest BCUT2D eigenvalue weighted by molar-refractivity contribution is 7.99. The van der Waals surface area contributed by atoms with E-state index in [1.165, 1.54) is 10.4 Å². The lowest BCUT2D eigenvalue weighted by molar-refractivity contribution is -0.117. The Labute approximate surface area is 237 Å². The lowest BCUT2D eigenvalue weighted by Gasteiger charge is -2.21. The molecule has 1 aromatic heterocycles. The smallest absolute Gasteiger partial charge is 0.251 e. The third kappa shape index (κ3) is 6.63. The van der Waals surface area contributed by atoms with Gasteiger partial charge in [-0.15, -0.1) is 0 Å². The zero-order valence-electron chi connectivity index (χ0n) is 22.3. The molecule has 1 aliphatic rings. The second-order valence-electron chi connectivity index (χ2n) is 9.30. The first-order valence-electron chi connectivity index (χ1n) is 13.0. The number of ether oxygens (including phenoxy) is 2. The van der Waals surface area contributed by atoms with Crippen molar-refractivity contribution in [3.05, 3.63) is 101 Å². The average molecular weight is 560 g/mol. The molecule has 0 saturated carbocycles. The molecule has 8 nitrogen and oxygen atoms in total. The van der Waals surface area contributed by atoms with Crippen LogP contribution in [0.3, 0.4) is 0 Å². The SMILES string of the molecule is CCCc1c(C)nc(Nc2cc(F)c(N3CC(=O)NS3)c(OCc3ccccc3)c2)nc1OCc1ccccc1.